The van der Waals surface area contributed by atoms with Crippen molar-refractivity contribution >= 4 is 81.3 Å². The van der Waals surface area contributed by atoms with Gasteiger partial charge in [-0.1, -0.05) is 0 Å². The van der Waals surface area contributed by atoms with Crippen LogP contribution in [-0.2, 0) is 50.5 Å². The Morgan fingerprint density at radius 1 is 0.412 bits per heavy atom. The van der Waals surface area contributed by atoms with Gasteiger partial charge < -0.3 is 90.0 Å². The van der Waals surface area contributed by atoms with Crippen LogP contribution in [0.25, 0.3) is 0 Å². The predicted octanol–water partition coefficient (Wildman–Crippen LogP) is -13.2. The molecule has 20 heteroatoms. The first-order valence-corrected chi connectivity index (χ1v) is 6.97. The molecule has 0 aromatic carbocycles. The SMILES string of the molecule is C=C.O=C([O-])CO.O=C([O-])CO.O=C([O-])CO.O=C([O-])CO.O=C([O-])CO.O=C([O-])CO.[Sr+2].[Ti+4]. The summed E-state index contributed by atoms with van der Waals surface area (Å²) in [6, 6.07) is 0. The number of carboxylic acids is 6. The fourth-order valence-corrected chi connectivity index (χ4v) is 0. The Morgan fingerprint density at radius 3 is 0.441 bits per heavy atom. The molecule has 6 N–H and O–H groups in total. The molecule has 0 amide bonds. The van der Waals surface area contributed by atoms with Crippen LogP contribution in [0.15, 0.2) is 13.2 Å². The van der Waals surface area contributed by atoms with Gasteiger partial charge in [0.1, 0.15) is 0 Å². The molecule has 0 aromatic rings. The third kappa shape index (κ3) is 240. The van der Waals surface area contributed by atoms with E-state index >= 15 is 0 Å². The van der Waals surface area contributed by atoms with Crippen molar-refractivity contribution < 1.29 is 112 Å². The summed E-state index contributed by atoms with van der Waals surface area (Å²) in [6.07, 6.45) is 0. The molecule has 0 aromatic heterocycles. The zero-order valence-electron chi connectivity index (χ0n) is 17.4. The molecule has 0 rings (SSSR count). The van der Waals surface area contributed by atoms with Crippen LogP contribution in [0.4, 0.5) is 0 Å². The first-order chi connectivity index (χ1) is 14.6. The molecule has 0 aliphatic carbocycles. The molecule has 0 aliphatic rings. The molecule has 0 saturated carbocycles. The summed E-state index contributed by atoms with van der Waals surface area (Å²) in [5, 5.41) is 98.9. The van der Waals surface area contributed by atoms with Gasteiger partial charge in [0, 0.05) is 0 Å². The Bertz CT molecular complexity index is 379. The molecular formula is C14H22O18SrTi. The summed E-state index contributed by atoms with van der Waals surface area (Å²) in [5.41, 5.74) is 0. The number of hydrogen-bond acceptors (Lipinski definition) is 18. The number of carbonyl (C=O) groups excluding carboxylic acids is 6. The first kappa shape index (κ1) is 58.4. The summed E-state index contributed by atoms with van der Waals surface area (Å²) >= 11 is 0. The number of aliphatic carboxylic acids is 6. The number of carboxylic acid groups (broad SMARTS) is 6. The van der Waals surface area contributed by atoms with Crippen LogP contribution in [-0.4, -0.2) is 152 Å². The van der Waals surface area contributed by atoms with Crippen LogP contribution >= 0.6 is 0 Å². The maximum atomic E-state index is 9.01. The molecule has 0 aliphatic heterocycles. The number of rotatable bonds is 6. The second-order valence-electron chi connectivity index (χ2n) is 3.18. The minimum absolute atomic E-state index is 0. The third-order valence-corrected chi connectivity index (χ3v) is 0.775. The Morgan fingerprint density at radius 2 is 0.441 bits per heavy atom. The van der Waals surface area contributed by atoms with Gasteiger partial charge in [-0.2, -0.15) is 0 Å². The normalized spacial score (nSPS) is 6.65. The van der Waals surface area contributed by atoms with Crippen LogP contribution in [0.5, 0.6) is 0 Å². The summed E-state index contributed by atoms with van der Waals surface area (Å²) in [7, 11) is 0. The maximum absolute atomic E-state index is 9.01. The van der Waals surface area contributed by atoms with Crippen molar-refractivity contribution in [3.05, 3.63) is 13.2 Å². The van der Waals surface area contributed by atoms with Gasteiger partial charge in [0.25, 0.3) is 0 Å². The topological polar surface area (TPSA) is 362 Å². The maximum Gasteiger partial charge on any atom is 4.00 e. The van der Waals surface area contributed by atoms with E-state index in [1.807, 2.05) is 0 Å². The van der Waals surface area contributed by atoms with E-state index in [-0.39, 0.29) is 67.2 Å². The zero-order chi connectivity index (χ0) is 27.7. The Labute approximate surface area is 244 Å². The van der Waals surface area contributed by atoms with Gasteiger partial charge in [-0.25, -0.2) is 0 Å². The Balaban J connectivity index is -0.0000000307. The molecule has 0 bridgehead atoms. The number of carbonyl (C=O) groups is 6. The smallest absolute Gasteiger partial charge is 0.548 e. The summed E-state index contributed by atoms with van der Waals surface area (Å²) in [5.74, 6) is -8.64. The quantitative estimate of drug-likeness (QED) is 0.119. The van der Waals surface area contributed by atoms with E-state index in [0.29, 0.717) is 0 Å². The van der Waals surface area contributed by atoms with Gasteiger partial charge in [-0.15, -0.1) is 13.2 Å². The molecule has 18 nitrogen and oxygen atoms in total. The molecule has 0 spiro atoms. The van der Waals surface area contributed by atoms with E-state index in [9.17, 15) is 0 Å². The molecule has 192 valence electrons. The number of hydrogen-bond donors (Lipinski definition) is 6. The predicted molar refractivity (Wildman–Crippen MR) is 89.6 cm³/mol. The van der Waals surface area contributed by atoms with E-state index in [2.05, 4.69) is 13.2 Å². The average molecular weight is 614 g/mol. The molecule has 0 unspecified atom stereocenters. The molecule has 0 fully saturated rings. The van der Waals surface area contributed by atoms with Gasteiger partial charge >= 0.3 is 67.2 Å². The number of aliphatic hydroxyl groups excluding tert-OH is 6. The molecule has 0 saturated heterocycles. The van der Waals surface area contributed by atoms with Crippen molar-refractivity contribution in [3.8, 4) is 0 Å². The van der Waals surface area contributed by atoms with E-state index in [1.165, 1.54) is 0 Å². The molecular weight excluding hydrogens is 592 g/mol. The van der Waals surface area contributed by atoms with Crippen molar-refractivity contribution in [3.63, 3.8) is 0 Å². The summed E-state index contributed by atoms with van der Waals surface area (Å²) < 4.78 is 0. The van der Waals surface area contributed by atoms with E-state index < -0.39 is 75.5 Å². The minimum Gasteiger partial charge on any atom is -0.548 e. The summed E-state index contributed by atoms with van der Waals surface area (Å²) in [4.78, 5) is 54.0. The van der Waals surface area contributed by atoms with Crippen molar-refractivity contribution in [2.75, 3.05) is 39.6 Å². The van der Waals surface area contributed by atoms with Crippen LogP contribution < -0.4 is 30.6 Å². The van der Waals surface area contributed by atoms with Gasteiger partial charge in [-0.05, 0) is 0 Å². The molecule has 0 heterocycles. The minimum atomic E-state index is -1.44. The van der Waals surface area contributed by atoms with Crippen LogP contribution in [0.1, 0.15) is 0 Å². The second kappa shape index (κ2) is 57.9. The van der Waals surface area contributed by atoms with E-state index in [1.54, 1.807) is 0 Å². The largest absolute Gasteiger partial charge is 4.00 e. The second-order valence-corrected chi connectivity index (χ2v) is 3.18. The third-order valence-electron chi connectivity index (χ3n) is 0.775. The van der Waals surface area contributed by atoms with Crippen LogP contribution in [0.3, 0.4) is 0 Å². The van der Waals surface area contributed by atoms with Crippen molar-refractivity contribution in [2.45, 2.75) is 0 Å². The fourth-order valence-electron chi connectivity index (χ4n) is 0. The van der Waals surface area contributed by atoms with E-state index in [4.69, 9.17) is 90.0 Å². The summed E-state index contributed by atoms with van der Waals surface area (Å²) in [6.45, 7) is 0.667. The van der Waals surface area contributed by atoms with Crippen molar-refractivity contribution in [2.24, 2.45) is 0 Å². The van der Waals surface area contributed by atoms with E-state index in [0.717, 1.165) is 0 Å². The van der Waals surface area contributed by atoms with Crippen molar-refractivity contribution in [1.29, 1.82) is 0 Å². The van der Waals surface area contributed by atoms with Gasteiger partial charge in [0.15, 0.2) is 0 Å². The fraction of sp³-hybridized carbons (Fsp3) is 0.429. The first-order valence-electron chi connectivity index (χ1n) is 6.97. The van der Waals surface area contributed by atoms with Crippen LogP contribution in [0.2, 0.25) is 0 Å². The molecule has 34 heavy (non-hydrogen) atoms. The van der Waals surface area contributed by atoms with Gasteiger partial charge in [-0.3, -0.25) is 0 Å². The average Bonchev–Trinajstić information content (AvgIpc) is 2.76. The Kier molecular flexibility index (Phi) is 99.4. The van der Waals surface area contributed by atoms with Gasteiger partial charge in [0.2, 0.25) is 0 Å². The monoisotopic (exact) mass is 614 g/mol. The van der Waals surface area contributed by atoms with Gasteiger partial charge in [0.05, 0.1) is 75.5 Å². The molecule has 0 radical (unpaired) electrons. The van der Waals surface area contributed by atoms with Crippen molar-refractivity contribution in [1.82, 2.24) is 0 Å². The molecule has 0 atom stereocenters. The van der Waals surface area contributed by atoms with Crippen LogP contribution in [0, 0.1) is 0 Å². The zero-order valence-corrected chi connectivity index (χ0v) is 22.5. The standard InChI is InChI=1S/6C2H4O3.C2H4.Sr.Ti/c6*3-1-2(4)5;1-2;;/h6*3H,1H2,(H,4,5);1-2H2;;/q;;;;;;;+2;+4/p-6. The number of aliphatic hydroxyl groups is 6. The Hall–Kier alpha value is -1.49.